The standard InChI is InChI=1S/C35H38O6/c1-26(36)31-32(37-22-27-14-6-2-7-15-27)33(38-23-28-16-8-3-9-17-28)34(39-24-29-18-10-4-11-19-29)35(41-31)40-25-30-20-12-5-13-21-30/h2-21,26,31-36H,22-25H2,1H3/t26?,31?,32-,33?,34?,35+/m1/s1. The molecule has 1 saturated heterocycles. The number of hydrogen-bond acceptors (Lipinski definition) is 6. The van der Waals surface area contributed by atoms with Crippen molar-refractivity contribution < 1.29 is 28.8 Å². The van der Waals surface area contributed by atoms with Crippen LogP contribution in [-0.2, 0) is 50.1 Å². The summed E-state index contributed by atoms with van der Waals surface area (Å²) in [4.78, 5) is 0. The van der Waals surface area contributed by atoms with E-state index in [4.69, 9.17) is 23.7 Å². The minimum atomic E-state index is -0.837. The van der Waals surface area contributed by atoms with Gasteiger partial charge in [0.2, 0.25) is 0 Å². The third-order valence-electron chi connectivity index (χ3n) is 7.12. The molecule has 6 heteroatoms. The Morgan fingerprint density at radius 1 is 0.512 bits per heavy atom. The number of ether oxygens (including phenoxy) is 5. The Labute approximate surface area is 242 Å². The van der Waals surface area contributed by atoms with Crippen LogP contribution in [0.25, 0.3) is 0 Å². The summed E-state index contributed by atoms with van der Waals surface area (Å²) in [6, 6.07) is 39.9. The van der Waals surface area contributed by atoms with E-state index in [9.17, 15) is 5.11 Å². The van der Waals surface area contributed by atoms with Gasteiger partial charge in [0, 0.05) is 0 Å². The first kappa shape index (κ1) is 29.1. The Morgan fingerprint density at radius 2 is 0.854 bits per heavy atom. The molecule has 1 fully saturated rings. The molecule has 4 aromatic carbocycles. The molecule has 4 unspecified atom stereocenters. The van der Waals surface area contributed by atoms with Crippen LogP contribution in [0.3, 0.4) is 0 Å². The average molecular weight is 555 g/mol. The zero-order valence-electron chi connectivity index (χ0n) is 23.3. The molecule has 1 aliphatic rings. The minimum Gasteiger partial charge on any atom is -0.391 e. The van der Waals surface area contributed by atoms with Crippen LogP contribution in [0.2, 0.25) is 0 Å². The molecule has 0 saturated carbocycles. The van der Waals surface area contributed by atoms with E-state index >= 15 is 0 Å². The van der Waals surface area contributed by atoms with Crippen LogP contribution in [0, 0.1) is 0 Å². The summed E-state index contributed by atoms with van der Waals surface area (Å²) in [5, 5.41) is 10.9. The average Bonchev–Trinajstić information content (AvgIpc) is 3.03. The molecule has 0 bridgehead atoms. The van der Waals surface area contributed by atoms with E-state index in [-0.39, 0.29) is 0 Å². The van der Waals surface area contributed by atoms with Crippen molar-refractivity contribution in [3.05, 3.63) is 144 Å². The lowest BCUT2D eigenvalue weighted by Crippen LogP contribution is -2.63. The van der Waals surface area contributed by atoms with Gasteiger partial charge in [-0.25, -0.2) is 0 Å². The predicted molar refractivity (Wildman–Crippen MR) is 157 cm³/mol. The molecule has 6 atom stereocenters. The minimum absolute atomic E-state index is 0.324. The lowest BCUT2D eigenvalue weighted by Gasteiger charge is -2.46. The fraction of sp³-hybridized carbons (Fsp3) is 0.314. The maximum absolute atomic E-state index is 10.9. The van der Waals surface area contributed by atoms with Gasteiger partial charge in [-0.3, -0.25) is 0 Å². The van der Waals surface area contributed by atoms with Crippen LogP contribution >= 0.6 is 0 Å². The summed E-state index contributed by atoms with van der Waals surface area (Å²) in [6.45, 7) is 3.06. The van der Waals surface area contributed by atoms with Crippen molar-refractivity contribution in [2.24, 2.45) is 0 Å². The van der Waals surface area contributed by atoms with Crippen LogP contribution in [0.15, 0.2) is 121 Å². The smallest absolute Gasteiger partial charge is 0.187 e. The van der Waals surface area contributed by atoms with E-state index in [0.717, 1.165) is 22.3 Å². The highest BCUT2D eigenvalue weighted by molar-refractivity contribution is 5.16. The second kappa shape index (κ2) is 15.0. The second-order valence-corrected chi connectivity index (χ2v) is 10.3. The topological polar surface area (TPSA) is 66.4 Å². The molecule has 1 aliphatic heterocycles. The van der Waals surface area contributed by atoms with Crippen LogP contribution in [0.1, 0.15) is 29.2 Å². The Bertz CT molecular complexity index is 1270. The Balaban J connectivity index is 1.44. The normalized spacial score (nSPS) is 23.2. The first-order chi connectivity index (χ1) is 20.2. The van der Waals surface area contributed by atoms with Crippen LogP contribution in [0.4, 0.5) is 0 Å². The maximum atomic E-state index is 10.9. The molecule has 1 heterocycles. The molecule has 41 heavy (non-hydrogen) atoms. The van der Waals surface area contributed by atoms with Crippen molar-refractivity contribution >= 4 is 0 Å². The van der Waals surface area contributed by atoms with Gasteiger partial charge < -0.3 is 28.8 Å². The lowest BCUT2D eigenvalue weighted by atomic mass is 9.94. The zero-order chi connectivity index (χ0) is 28.3. The van der Waals surface area contributed by atoms with E-state index in [0.29, 0.717) is 26.4 Å². The van der Waals surface area contributed by atoms with Gasteiger partial charge in [0.15, 0.2) is 6.29 Å². The van der Waals surface area contributed by atoms with Crippen LogP contribution in [-0.4, -0.2) is 41.9 Å². The van der Waals surface area contributed by atoms with Gasteiger partial charge in [-0.15, -0.1) is 0 Å². The van der Waals surface area contributed by atoms with E-state index in [1.807, 2.05) is 121 Å². The fourth-order valence-electron chi connectivity index (χ4n) is 4.97. The van der Waals surface area contributed by atoms with Crippen LogP contribution < -0.4 is 0 Å². The molecule has 5 rings (SSSR count). The van der Waals surface area contributed by atoms with Gasteiger partial charge in [0.1, 0.15) is 24.4 Å². The SMILES string of the molecule is CC(O)C1O[C@H](OCc2ccccc2)C(OCc2ccccc2)C(OCc2ccccc2)[C@@H]1OCc1ccccc1. The molecule has 0 amide bonds. The highest BCUT2D eigenvalue weighted by atomic mass is 16.7. The van der Waals surface area contributed by atoms with Crippen molar-refractivity contribution in [3.63, 3.8) is 0 Å². The van der Waals surface area contributed by atoms with Gasteiger partial charge in [-0.2, -0.15) is 0 Å². The van der Waals surface area contributed by atoms with Gasteiger partial charge in [-0.05, 0) is 29.2 Å². The monoisotopic (exact) mass is 554 g/mol. The molecule has 6 nitrogen and oxygen atoms in total. The van der Waals surface area contributed by atoms with Gasteiger partial charge in [0.25, 0.3) is 0 Å². The summed E-state index contributed by atoms with van der Waals surface area (Å²) in [5.41, 5.74) is 4.08. The molecule has 0 spiro atoms. The number of hydrogen-bond donors (Lipinski definition) is 1. The molecule has 0 radical (unpaired) electrons. The third-order valence-corrected chi connectivity index (χ3v) is 7.12. The van der Waals surface area contributed by atoms with Crippen molar-refractivity contribution in [3.8, 4) is 0 Å². The van der Waals surface area contributed by atoms with Crippen LogP contribution in [0.5, 0.6) is 0 Å². The third kappa shape index (κ3) is 8.33. The van der Waals surface area contributed by atoms with Gasteiger partial charge >= 0.3 is 0 Å². The van der Waals surface area contributed by atoms with Crippen molar-refractivity contribution in [1.82, 2.24) is 0 Å². The molecular formula is C35H38O6. The highest BCUT2D eigenvalue weighted by Gasteiger charge is 2.50. The number of aliphatic hydroxyl groups is 1. The summed E-state index contributed by atoms with van der Waals surface area (Å²) >= 11 is 0. The quantitative estimate of drug-likeness (QED) is 0.217. The molecular weight excluding hydrogens is 516 g/mol. The van der Waals surface area contributed by atoms with E-state index in [1.54, 1.807) is 6.92 Å². The molecule has 4 aromatic rings. The maximum Gasteiger partial charge on any atom is 0.187 e. The van der Waals surface area contributed by atoms with E-state index in [2.05, 4.69) is 0 Å². The van der Waals surface area contributed by atoms with E-state index < -0.39 is 36.8 Å². The molecule has 214 valence electrons. The van der Waals surface area contributed by atoms with E-state index in [1.165, 1.54) is 0 Å². The predicted octanol–water partition coefficient (Wildman–Crippen LogP) is 6.07. The Morgan fingerprint density at radius 3 is 1.24 bits per heavy atom. The Hall–Kier alpha value is -3.36. The largest absolute Gasteiger partial charge is 0.391 e. The first-order valence-corrected chi connectivity index (χ1v) is 14.1. The summed E-state index contributed by atoms with van der Waals surface area (Å²) in [5.74, 6) is 0. The summed E-state index contributed by atoms with van der Waals surface area (Å²) < 4.78 is 32.5. The van der Waals surface area contributed by atoms with Crippen molar-refractivity contribution in [1.29, 1.82) is 0 Å². The van der Waals surface area contributed by atoms with Gasteiger partial charge in [0.05, 0.1) is 32.5 Å². The van der Waals surface area contributed by atoms with Gasteiger partial charge in [-0.1, -0.05) is 121 Å². The summed E-state index contributed by atoms with van der Waals surface area (Å²) in [6.07, 6.45) is -4.16. The highest BCUT2D eigenvalue weighted by Crippen LogP contribution is 2.33. The van der Waals surface area contributed by atoms with Crippen molar-refractivity contribution in [2.45, 2.75) is 70.2 Å². The molecule has 0 aliphatic carbocycles. The second-order valence-electron chi connectivity index (χ2n) is 10.3. The number of aliphatic hydroxyl groups excluding tert-OH is 1. The molecule has 0 aromatic heterocycles. The fourth-order valence-corrected chi connectivity index (χ4v) is 4.97. The number of benzene rings is 4. The summed E-state index contributed by atoms with van der Waals surface area (Å²) in [7, 11) is 0. The van der Waals surface area contributed by atoms with Crippen molar-refractivity contribution in [2.75, 3.05) is 0 Å². The molecule has 1 N–H and O–H groups in total. The first-order valence-electron chi connectivity index (χ1n) is 14.1. The number of rotatable bonds is 13. The lowest BCUT2D eigenvalue weighted by molar-refractivity contribution is -0.335. The Kier molecular flexibility index (Phi) is 10.7. The zero-order valence-corrected chi connectivity index (χ0v) is 23.3.